The number of carbonyl (C=O) groups is 2. The van der Waals surface area contributed by atoms with Gasteiger partial charge in [-0.3, -0.25) is 9.59 Å². The van der Waals surface area contributed by atoms with Crippen LogP contribution in [0.1, 0.15) is 24.0 Å². The molecule has 0 radical (unpaired) electrons. The van der Waals surface area contributed by atoms with E-state index in [1.807, 2.05) is 17.0 Å². The van der Waals surface area contributed by atoms with Gasteiger partial charge in [0.25, 0.3) is 0 Å². The van der Waals surface area contributed by atoms with Crippen LogP contribution in [-0.2, 0) is 22.4 Å². The molecule has 2 N–H and O–H groups in total. The van der Waals surface area contributed by atoms with E-state index in [1.165, 1.54) is 5.56 Å². The molecule has 1 saturated heterocycles. The van der Waals surface area contributed by atoms with E-state index in [0.29, 0.717) is 12.8 Å². The summed E-state index contributed by atoms with van der Waals surface area (Å²) in [6.45, 7) is 3.45. The van der Waals surface area contributed by atoms with Gasteiger partial charge in [0.15, 0.2) is 0 Å². The van der Waals surface area contributed by atoms with E-state index >= 15 is 0 Å². The molecular formula is C16H21N3O2. The summed E-state index contributed by atoms with van der Waals surface area (Å²) in [6, 6.07) is 6.09. The van der Waals surface area contributed by atoms with Gasteiger partial charge in [0.05, 0.1) is 6.42 Å². The first kappa shape index (κ1) is 14.1. The molecule has 2 heterocycles. The minimum atomic E-state index is 0.0658. The zero-order valence-corrected chi connectivity index (χ0v) is 12.2. The van der Waals surface area contributed by atoms with Crippen LogP contribution in [-0.4, -0.2) is 42.9 Å². The van der Waals surface area contributed by atoms with E-state index < -0.39 is 0 Å². The molecule has 2 aliphatic heterocycles. The number of nitrogens with zero attached hydrogens (tertiary/aromatic N) is 1. The van der Waals surface area contributed by atoms with E-state index in [1.54, 1.807) is 0 Å². The van der Waals surface area contributed by atoms with Crippen molar-refractivity contribution in [2.75, 3.05) is 31.5 Å². The maximum Gasteiger partial charge on any atom is 0.228 e. The predicted octanol–water partition coefficient (Wildman–Crippen LogP) is 0.936. The van der Waals surface area contributed by atoms with Crippen LogP contribution in [0.25, 0.3) is 0 Å². The Morgan fingerprint density at radius 1 is 1.24 bits per heavy atom. The van der Waals surface area contributed by atoms with Crippen molar-refractivity contribution in [2.24, 2.45) is 0 Å². The first-order valence-corrected chi connectivity index (χ1v) is 7.62. The maximum absolute atomic E-state index is 12.1. The molecule has 21 heavy (non-hydrogen) atoms. The summed E-state index contributed by atoms with van der Waals surface area (Å²) in [5.74, 6) is 0.325. The van der Waals surface area contributed by atoms with Crippen LogP contribution in [0.2, 0.25) is 0 Å². The van der Waals surface area contributed by atoms with Crippen molar-refractivity contribution in [3.05, 3.63) is 29.3 Å². The zero-order valence-electron chi connectivity index (χ0n) is 12.2. The average Bonchev–Trinajstić information content (AvgIpc) is 2.87. The Hall–Kier alpha value is -1.88. The number of fused-ring (bicyclic) bond motifs is 1. The normalized spacial score (nSPS) is 17.5. The topological polar surface area (TPSA) is 61.4 Å². The Labute approximate surface area is 124 Å². The second-order valence-corrected chi connectivity index (χ2v) is 5.70. The summed E-state index contributed by atoms with van der Waals surface area (Å²) in [5, 5.41) is 6.09. The largest absolute Gasteiger partial charge is 0.340 e. The van der Waals surface area contributed by atoms with Crippen LogP contribution in [0.3, 0.4) is 0 Å². The fraction of sp³-hybridized carbons (Fsp3) is 0.500. The van der Waals surface area contributed by atoms with Crippen molar-refractivity contribution < 1.29 is 9.59 Å². The lowest BCUT2D eigenvalue weighted by Gasteiger charge is -2.27. The van der Waals surface area contributed by atoms with Crippen molar-refractivity contribution in [3.63, 3.8) is 0 Å². The SMILES string of the molecule is O=C1Cc2cc(CCCC(=O)N3CCNCC3)ccc2N1. The molecule has 1 aromatic carbocycles. The monoisotopic (exact) mass is 287 g/mol. The summed E-state index contributed by atoms with van der Waals surface area (Å²) in [6.07, 6.45) is 2.83. The van der Waals surface area contributed by atoms with Crippen molar-refractivity contribution >= 4 is 17.5 Å². The van der Waals surface area contributed by atoms with Crippen LogP contribution in [0.5, 0.6) is 0 Å². The number of nitrogens with one attached hydrogen (secondary N) is 2. The number of amides is 2. The number of benzene rings is 1. The molecular weight excluding hydrogens is 266 g/mol. The number of carbonyl (C=O) groups excluding carboxylic acids is 2. The lowest BCUT2D eigenvalue weighted by molar-refractivity contribution is -0.131. The smallest absolute Gasteiger partial charge is 0.228 e. The number of piperazine rings is 1. The molecule has 2 aliphatic rings. The fourth-order valence-corrected chi connectivity index (χ4v) is 2.95. The third-order valence-corrected chi connectivity index (χ3v) is 4.12. The van der Waals surface area contributed by atoms with Crippen LogP contribution < -0.4 is 10.6 Å². The van der Waals surface area contributed by atoms with Gasteiger partial charge < -0.3 is 15.5 Å². The molecule has 0 atom stereocenters. The molecule has 3 rings (SSSR count). The van der Waals surface area contributed by atoms with Gasteiger partial charge >= 0.3 is 0 Å². The molecule has 0 aromatic heterocycles. The van der Waals surface area contributed by atoms with Crippen molar-refractivity contribution in [1.29, 1.82) is 0 Å². The molecule has 0 unspecified atom stereocenters. The van der Waals surface area contributed by atoms with E-state index in [-0.39, 0.29) is 11.8 Å². The highest BCUT2D eigenvalue weighted by molar-refractivity contribution is 5.99. The van der Waals surface area contributed by atoms with Gasteiger partial charge in [0.2, 0.25) is 11.8 Å². The summed E-state index contributed by atoms with van der Waals surface area (Å²) in [7, 11) is 0. The minimum Gasteiger partial charge on any atom is -0.340 e. The van der Waals surface area contributed by atoms with E-state index in [2.05, 4.69) is 16.7 Å². The summed E-state index contributed by atoms with van der Waals surface area (Å²) < 4.78 is 0. The van der Waals surface area contributed by atoms with Crippen LogP contribution in [0.4, 0.5) is 5.69 Å². The van der Waals surface area contributed by atoms with Crippen molar-refractivity contribution in [2.45, 2.75) is 25.7 Å². The number of anilines is 1. The van der Waals surface area contributed by atoms with Gasteiger partial charge in [0, 0.05) is 38.3 Å². The Morgan fingerprint density at radius 2 is 2.05 bits per heavy atom. The van der Waals surface area contributed by atoms with Crippen molar-refractivity contribution in [1.82, 2.24) is 10.2 Å². The molecule has 112 valence electrons. The second kappa shape index (κ2) is 6.26. The third-order valence-electron chi connectivity index (χ3n) is 4.12. The molecule has 5 nitrogen and oxygen atoms in total. The zero-order chi connectivity index (χ0) is 14.7. The quantitative estimate of drug-likeness (QED) is 0.866. The Balaban J connectivity index is 1.48. The van der Waals surface area contributed by atoms with Crippen molar-refractivity contribution in [3.8, 4) is 0 Å². The first-order chi connectivity index (χ1) is 10.2. The van der Waals surface area contributed by atoms with E-state index in [9.17, 15) is 9.59 Å². The number of hydrogen-bond acceptors (Lipinski definition) is 3. The van der Waals surface area contributed by atoms with Gasteiger partial charge in [-0.25, -0.2) is 0 Å². The lowest BCUT2D eigenvalue weighted by atomic mass is 10.0. The Bertz CT molecular complexity index is 550. The Kier molecular flexibility index (Phi) is 4.20. The highest BCUT2D eigenvalue weighted by atomic mass is 16.2. The van der Waals surface area contributed by atoms with Gasteiger partial charge in [0.1, 0.15) is 0 Å². The van der Waals surface area contributed by atoms with Gasteiger partial charge in [-0.2, -0.15) is 0 Å². The van der Waals surface area contributed by atoms with Gasteiger partial charge in [-0.05, 0) is 30.0 Å². The van der Waals surface area contributed by atoms with Gasteiger partial charge in [-0.1, -0.05) is 12.1 Å². The molecule has 1 fully saturated rings. The fourth-order valence-electron chi connectivity index (χ4n) is 2.95. The molecule has 0 aliphatic carbocycles. The highest BCUT2D eigenvalue weighted by Crippen LogP contribution is 2.24. The average molecular weight is 287 g/mol. The first-order valence-electron chi connectivity index (χ1n) is 7.62. The number of aryl methyl sites for hydroxylation is 1. The maximum atomic E-state index is 12.1. The molecule has 0 spiro atoms. The standard InChI is InChI=1S/C16H21N3O2/c20-15-11-13-10-12(4-5-14(13)18-15)2-1-3-16(21)19-8-6-17-7-9-19/h4-5,10,17H,1-3,6-9,11H2,(H,18,20). The molecule has 2 amide bonds. The minimum absolute atomic E-state index is 0.0658. The van der Waals surface area contributed by atoms with Crippen LogP contribution in [0.15, 0.2) is 18.2 Å². The van der Waals surface area contributed by atoms with E-state index in [0.717, 1.165) is 50.3 Å². The Morgan fingerprint density at radius 3 is 2.86 bits per heavy atom. The number of hydrogen-bond donors (Lipinski definition) is 2. The molecule has 1 aromatic rings. The van der Waals surface area contributed by atoms with Crippen LogP contribution >= 0.6 is 0 Å². The second-order valence-electron chi connectivity index (χ2n) is 5.70. The molecule has 0 saturated carbocycles. The van der Waals surface area contributed by atoms with Crippen LogP contribution in [0, 0.1) is 0 Å². The molecule has 5 heteroatoms. The summed E-state index contributed by atoms with van der Waals surface area (Å²) in [4.78, 5) is 25.3. The summed E-state index contributed by atoms with van der Waals surface area (Å²) >= 11 is 0. The highest BCUT2D eigenvalue weighted by Gasteiger charge is 2.18. The van der Waals surface area contributed by atoms with E-state index in [4.69, 9.17) is 0 Å². The summed E-state index contributed by atoms with van der Waals surface area (Å²) in [5.41, 5.74) is 3.21. The molecule has 0 bridgehead atoms. The van der Waals surface area contributed by atoms with Gasteiger partial charge in [-0.15, -0.1) is 0 Å². The lowest BCUT2D eigenvalue weighted by Crippen LogP contribution is -2.46. The predicted molar refractivity (Wildman–Crippen MR) is 81.2 cm³/mol. The third kappa shape index (κ3) is 3.42. The number of rotatable bonds is 4.